The number of carbonyl (C=O) groups excluding carboxylic acids is 5. The van der Waals surface area contributed by atoms with Crippen LogP contribution in [0.1, 0.15) is 133 Å². The van der Waals surface area contributed by atoms with Crippen molar-refractivity contribution in [1.29, 1.82) is 0 Å². The van der Waals surface area contributed by atoms with Gasteiger partial charge in [-0.3, -0.25) is 9.59 Å². The highest BCUT2D eigenvalue weighted by Gasteiger charge is 2.44. The maximum atomic E-state index is 15.6. The predicted molar refractivity (Wildman–Crippen MR) is 265 cm³/mol. The van der Waals surface area contributed by atoms with Crippen molar-refractivity contribution >= 4 is 52.4 Å². The molecule has 71 heavy (non-hydrogen) atoms. The lowest BCUT2D eigenvalue weighted by atomic mass is 9.89. The maximum absolute atomic E-state index is 15.6. The van der Waals surface area contributed by atoms with Crippen LogP contribution < -0.4 is 0 Å². The molecule has 2 unspecified atom stereocenters. The Kier molecular flexibility index (Phi) is 14.4. The van der Waals surface area contributed by atoms with Crippen LogP contribution in [0.4, 0.5) is 13.6 Å². The Morgan fingerprint density at radius 3 is 1.73 bits per heavy atom. The molecule has 1 saturated heterocycles. The highest BCUT2D eigenvalue weighted by atomic mass is 127. The Labute approximate surface area is 425 Å². The molecule has 0 spiro atoms. The molecule has 3 aromatic carbocycles. The van der Waals surface area contributed by atoms with Crippen LogP contribution in [0.5, 0.6) is 0 Å². The summed E-state index contributed by atoms with van der Waals surface area (Å²) < 4.78 is 50.7. The van der Waals surface area contributed by atoms with Crippen molar-refractivity contribution in [1.82, 2.24) is 33.8 Å². The number of benzene rings is 3. The summed E-state index contributed by atoms with van der Waals surface area (Å²) >= 11 is 1.98. The van der Waals surface area contributed by atoms with Gasteiger partial charge in [0, 0.05) is 63.4 Å². The van der Waals surface area contributed by atoms with E-state index < -0.39 is 47.2 Å². The summed E-state index contributed by atoms with van der Waals surface area (Å²) in [5.74, 6) is -2.30. The number of fused-ring (bicyclic) bond motifs is 4. The lowest BCUT2D eigenvalue weighted by Gasteiger charge is -2.33. The van der Waals surface area contributed by atoms with E-state index >= 15 is 4.39 Å². The Balaban J connectivity index is 0.000000203. The summed E-state index contributed by atoms with van der Waals surface area (Å²) in [5, 5.41) is 0. The van der Waals surface area contributed by atoms with E-state index in [1.165, 1.54) is 27.5 Å². The normalized spacial score (nSPS) is 17.0. The zero-order chi connectivity index (χ0) is 50.3. The summed E-state index contributed by atoms with van der Waals surface area (Å²) in [6.45, 7) is 12.5. The first-order chi connectivity index (χ1) is 34.0. The van der Waals surface area contributed by atoms with Gasteiger partial charge >= 0.3 is 18.0 Å². The zero-order valence-electron chi connectivity index (χ0n) is 40.6. The maximum Gasteiger partial charge on any atom is 0.410 e. The van der Waals surface area contributed by atoms with Gasteiger partial charge in [0.2, 0.25) is 0 Å². The number of nitrogens with zero attached hydrogens (tertiary/aromatic N) is 7. The van der Waals surface area contributed by atoms with Crippen molar-refractivity contribution in [2.75, 3.05) is 26.3 Å². The van der Waals surface area contributed by atoms with Gasteiger partial charge in [0.1, 0.15) is 17.2 Å². The minimum atomic E-state index is -1.03. The average Bonchev–Trinajstić information content (AvgIpc) is 4.20. The molecule has 18 heteroatoms. The predicted octanol–water partition coefficient (Wildman–Crippen LogP) is 8.92. The van der Waals surface area contributed by atoms with Gasteiger partial charge in [-0.25, -0.2) is 33.1 Å². The topological polar surface area (TPSA) is 158 Å². The molecule has 2 atom stereocenters. The van der Waals surface area contributed by atoms with Crippen molar-refractivity contribution < 1.29 is 47.0 Å². The van der Waals surface area contributed by atoms with Crippen LogP contribution in [0.2, 0.25) is 0 Å². The highest BCUT2D eigenvalue weighted by Crippen LogP contribution is 2.39. The van der Waals surface area contributed by atoms with E-state index in [-0.39, 0.29) is 49.4 Å². The highest BCUT2D eigenvalue weighted by molar-refractivity contribution is 14.1. The number of likely N-dealkylation sites (tertiary alicyclic amines) is 1. The van der Waals surface area contributed by atoms with Crippen LogP contribution in [0.15, 0.2) is 61.2 Å². The van der Waals surface area contributed by atoms with Crippen LogP contribution in [0.25, 0.3) is 11.1 Å². The first-order valence-corrected chi connectivity index (χ1v) is 25.5. The van der Waals surface area contributed by atoms with E-state index in [1.807, 2.05) is 76.8 Å². The van der Waals surface area contributed by atoms with Gasteiger partial charge < -0.3 is 38.0 Å². The molecule has 1 fully saturated rings. The van der Waals surface area contributed by atoms with Gasteiger partial charge in [0.25, 0.3) is 11.8 Å². The molecule has 0 radical (unpaired) electrons. The smallest absolute Gasteiger partial charge is 0.410 e. The number of esters is 2. The number of aryl methyl sites for hydroxylation is 2. The number of aromatic nitrogens is 4. The summed E-state index contributed by atoms with van der Waals surface area (Å²) in [7, 11) is 0. The number of hydrogen-bond acceptors (Lipinski definition) is 10. The molecule has 10 rings (SSSR count). The van der Waals surface area contributed by atoms with Crippen LogP contribution >= 0.6 is 22.6 Å². The third kappa shape index (κ3) is 10.2. The van der Waals surface area contributed by atoms with E-state index in [2.05, 4.69) is 9.97 Å². The van der Waals surface area contributed by atoms with Crippen molar-refractivity contribution in [3.63, 3.8) is 0 Å². The second-order valence-electron chi connectivity index (χ2n) is 19.6. The molecule has 7 heterocycles. The largest absolute Gasteiger partial charge is 0.464 e. The number of piperidine rings is 1. The molecule has 5 aliphatic heterocycles. The number of halogens is 3. The first-order valence-electron chi connectivity index (χ1n) is 24.4. The third-order valence-corrected chi connectivity index (χ3v) is 14.4. The summed E-state index contributed by atoms with van der Waals surface area (Å²) in [6, 6.07) is 12.3. The van der Waals surface area contributed by atoms with Crippen molar-refractivity contribution in [2.45, 2.75) is 123 Å². The molecule has 5 aromatic rings. The second-order valence-corrected chi connectivity index (χ2v) is 20.9. The molecule has 374 valence electrons. The molecular formula is C53H58F2IN7O8. The number of hydrogen-bond donors (Lipinski definition) is 0. The molecular weight excluding hydrogens is 1030 g/mol. The fourth-order valence-corrected chi connectivity index (χ4v) is 11.0. The van der Waals surface area contributed by atoms with Gasteiger partial charge in [0.15, 0.2) is 12.1 Å². The molecule has 15 nitrogen and oxygen atoms in total. The van der Waals surface area contributed by atoms with Gasteiger partial charge in [-0.15, -0.1) is 0 Å². The molecule has 3 amide bonds. The minimum absolute atomic E-state index is 0.0260. The molecule has 0 bridgehead atoms. The average molecular weight is 1090 g/mol. The van der Waals surface area contributed by atoms with E-state index in [1.54, 1.807) is 43.5 Å². The summed E-state index contributed by atoms with van der Waals surface area (Å²) in [4.78, 5) is 78.5. The molecule has 0 saturated carbocycles. The third-order valence-electron chi connectivity index (χ3n) is 13.8. The molecule has 0 N–H and O–H groups in total. The van der Waals surface area contributed by atoms with Gasteiger partial charge in [-0.05, 0) is 149 Å². The van der Waals surface area contributed by atoms with Crippen LogP contribution in [0.3, 0.4) is 0 Å². The lowest BCUT2D eigenvalue weighted by molar-refractivity contribution is -0.150. The Morgan fingerprint density at radius 2 is 1.23 bits per heavy atom. The van der Waals surface area contributed by atoms with E-state index in [0.717, 1.165) is 75.0 Å². The van der Waals surface area contributed by atoms with Crippen LogP contribution in [-0.4, -0.2) is 95.6 Å². The van der Waals surface area contributed by atoms with Gasteiger partial charge in [-0.2, -0.15) is 0 Å². The quantitative estimate of drug-likeness (QED) is 0.0711. The molecule has 2 aromatic heterocycles. The fourth-order valence-electron chi connectivity index (χ4n) is 10.4. The SMILES string of the molecule is CCOC(=O)C(c1ncn2c1CCC2)N1Cc2c(F)cc(-c3ccc(CC4CCN(C(=O)OC(C)(C)C)CC4)cc3)cc2C1=O.CCOC(=O)C(c1ncn2c1CCC2)N1Cc2c(F)cc(I)cc2C1=O. The first kappa shape index (κ1) is 49.8. The number of imidazole rings is 2. The Bertz CT molecular complexity index is 2890. The second kappa shape index (κ2) is 20.5. The van der Waals surface area contributed by atoms with E-state index in [4.69, 9.17) is 14.2 Å². The summed E-state index contributed by atoms with van der Waals surface area (Å²) in [6.07, 6.45) is 9.33. The number of ether oxygens (including phenoxy) is 3. The van der Waals surface area contributed by atoms with Crippen molar-refractivity contribution in [3.8, 4) is 11.1 Å². The van der Waals surface area contributed by atoms with Crippen LogP contribution in [0, 0.1) is 21.1 Å². The van der Waals surface area contributed by atoms with Gasteiger partial charge in [0.05, 0.1) is 50.3 Å². The van der Waals surface area contributed by atoms with E-state index in [0.29, 0.717) is 50.7 Å². The van der Waals surface area contributed by atoms with Crippen LogP contribution in [-0.2, 0) is 69.2 Å². The van der Waals surface area contributed by atoms with Crippen molar-refractivity contribution in [2.24, 2.45) is 5.92 Å². The monoisotopic (exact) mass is 1090 g/mol. The Morgan fingerprint density at radius 1 is 0.718 bits per heavy atom. The number of carbonyl (C=O) groups is 5. The standard InChI is InChI=1S/C35H41FN4O5.C18H17FIN3O3/c1-5-44-33(42)31(30-29-7-6-14-39(29)21-37-30)40-20-27-26(32(40)41)18-25(19-28(27)36)24-10-8-22(9-11-24)17-23-12-15-38(16-13-23)34(43)45-35(2,3)4;1-2-26-18(25)16(15-14-4-3-5-22(14)9-21-15)23-8-12-11(17(23)24)6-10(20)7-13(12)19/h8-11,18-19,21,23,31H,5-7,12-17,20H2,1-4H3;6-7,9,16H,2-5,8H2,1H3. The Hall–Kier alpha value is -6.18. The van der Waals surface area contributed by atoms with Gasteiger partial charge in [-0.1, -0.05) is 24.3 Å². The zero-order valence-corrected chi connectivity index (χ0v) is 42.8. The molecule has 5 aliphatic rings. The van der Waals surface area contributed by atoms with E-state index in [9.17, 15) is 28.4 Å². The number of amides is 3. The molecule has 0 aliphatic carbocycles. The minimum Gasteiger partial charge on any atom is -0.464 e. The van der Waals surface area contributed by atoms with Crippen molar-refractivity contribution in [3.05, 3.63) is 127 Å². The fraction of sp³-hybridized carbons (Fsp3) is 0.453. The number of rotatable bonds is 11. The summed E-state index contributed by atoms with van der Waals surface area (Å²) in [5.41, 5.74) is 6.16. The lowest BCUT2D eigenvalue weighted by Crippen LogP contribution is -2.42.